The van der Waals surface area contributed by atoms with Crippen molar-refractivity contribution >= 4 is 0 Å². The summed E-state index contributed by atoms with van der Waals surface area (Å²) in [5.41, 5.74) is 3.79. The Morgan fingerprint density at radius 1 is 1.06 bits per heavy atom. The summed E-state index contributed by atoms with van der Waals surface area (Å²) in [6, 6.07) is 10.1. The van der Waals surface area contributed by atoms with E-state index in [0.29, 0.717) is 6.61 Å². The minimum Gasteiger partial charge on any atom is -0.487 e. The monoisotopic (exact) mass is 213 g/mol. The van der Waals surface area contributed by atoms with Gasteiger partial charge in [-0.3, -0.25) is 4.98 Å². The van der Waals surface area contributed by atoms with Crippen molar-refractivity contribution in [1.82, 2.24) is 4.98 Å². The smallest absolute Gasteiger partial charge is 0.138 e. The molecule has 2 aromatic rings. The Balaban J connectivity index is 2.11. The van der Waals surface area contributed by atoms with Crippen LogP contribution in [0.3, 0.4) is 0 Å². The van der Waals surface area contributed by atoms with Gasteiger partial charge in [-0.25, -0.2) is 0 Å². The van der Waals surface area contributed by atoms with Crippen LogP contribution in [0.5, 0.6) is 5.75 Å². The number of nitrogens with zero attached hydrogens (tertiary/aromatic N) is 1. The Labute approximate surface area is 95.9 Å². The van der Waals surface area contributed by atoms with Crippen molar-refractivity contribution in [3.8, 4) is 5.75 Å². The van der Waals surface area contributed by atoms with Crippen LogP contribution in [0.25, 0.3) is 0 Å². The molecule has 0 fully saturated rings. The van der Waals surface area contributed by atoms with Crippen molar-refractivity contribution < 1.29 is 4.74 Å². The van der Waals surface area contributed by atoms with Crippen molar-refractivity contribution in [2.24, 2.45) is 0 Å². The van der Waals surface area contributed by atoms with Crippen molar-refractivity contribution in [1.29, 1.82) is 0 Å². The van der Waals surface area contributed by atoms with Gasteiger partial charge < -0.3 is 4.74 Å². The molecule has 2 rings (SSSR count). The molecule has 0 aliphatic rings. The maximum absolute atomic E-state index is 5.69. The van der Waals surface area contributed by atoms with E-state index >= 15 is 0 Å². The van der Waals surface area contributed by atoms with Gasteiger partial charge in [-0.1, -0.05) is 18.2 Å². The fourth-order valence-corrected chi connectivity index (χ4v) is 1.66. The lowest BCUT2D eigenvalue weighted by Gasteiger charge is -2.10. The number of aromatic nitrogens is 1. The third-order valence-electron chi connectivity index (χ3n) is 2.66. The second-order valence-electron chi connectivity index (χ2n) is 3.85. The van der Waals surface area contributed by atoms with Gasteiger partial charge in [0, 0.05) is 6.20 Å². The molecule has 1 heterocycles. The van der Waals surface area contributed by atoms with E-state index in [1.165, 1.54) is 16.7 Å². The molecule has 1 aromatic heterocycles. The lowest BCUT2D eigenvalue weighted by atomic mass is 10.0. The molecule has 0 aliphatic carbocycles. The van der Waals surface area contributed by atoms with Crippen LogP contribution in [0.4, 0.5) is 0 Å². The van der Waals surface area contributed by atoms with Gasteiger partial charge in [0.25, 0.3) is 0 Å². The third kappa shape index (κ3) is 2.40. The zero-order chi connectivity index (χ0) is 11.4. The molecule has 0 N–H and O–H groups in total. The molecule has 2 nitrogen and oxygen atoms in total. The van der Waals surface area contributed by atoms with E-state index in [2.05, 4.69) is 37.0 Å². The average molecular weight is 213 g/mol. The standard InChI is InChI=1S/C14H15NO/c1-11-5-3-6-12(2)14(11)10-16-13-7-4-8-15-9-13/h3-9H,10H2,1-2H3. The SMILES string of the molecule is Cc1cccc(C)c1COc1cccnc1. The zero-order valence-corrected chi connectivity index (χ0v) is 9.60. The fraction of sp³-hybridized carbons (Fsp3) is 0.214. The van der Waals surface area contributed by atoms with E-state index in [0.717, 1.165) is 5.75 Å². The summed E-state index contributed by atoms with van der Waals surface area (Å²) < 4.78 is 5.69. The Hall–Kier alpha value is -1.83. The highest BCUT2D eigenvalue weighted by Crippen LogP contribution is 2.16. The highest BCUT2D eigenvalue weighted by atomic mass is 16.5. The van der Waals surface area contributed by atoms with Gasteiger partial charge >= 0.3 is 0 Å². The summed E-state index contributed by atoms with van der Waals surface area (Å²) in [5, 5.41) is 0. The van der Waals surface area contributed by atoms with E-state index in [-0.39, 0.29) is 0 Å². The summed E-state index contributed by atoms with van der Waals surface area (Å²) in [4.78, 5) is 4.02. The Kier molecular flexibility index (Phi) is 3.20. The Morgan fingerprint density at radius 2 is 1.81 bits per heavy atom. The molecule has 2 heteroatoms. The quantitative estimate of drug-likeness (QED) is 0.780. The number of hydrogen-bond donors (Lipinski definition) is 0. The predicted octanol–water partition coefficient (Wildman–Crippen LogP) is 3.28. The van der Waals surface area contributed by atoms with E-state index in [1.807, 2.05) is 12.1 Å². The third-order valence-corrected chi connectivity index (χ3v) is 2.66. The van der Waals surface area contributed by atoms with E-state index in [9.17, 15) is 0 Å². The second-order valence-corrected chi connectivity index (χ2v) is 3.85. The van der Waals surface area contributed by atoms with Gasteiger partial charge in [0.2, 0.25) is 0 Å². The van der Waals surface area contributed by atoms with Crippen LogP contribution in [0, 0.1) is 13.8 Å². The maximum Gasteiger partial charge on any atom is 0.138 e. The summed E-state index contributed by atoms with van der Waals surface area (Å²) in [5.74, 6) is 0.810. The number of hydrogen-bond acceptors (Lipinski definition) is 2. The van der Waals surface area contributed by atoms with Gasteiger partial charge in [-0.2, -0.15) is 0 Å². The van der Waals surface area contributed by atoms with Crippen LogP contribution in [-0.2, 0) is 6.61 Å². The topological polar surface area (TPSA) is 22.1 Å². The predicted molar refractivity (Wildman–Crippen MR) is 64.5 cm³/mol. The van der Waals surface area contributed by atoms with Gasteiger partial charge in [0.05, 0.1) is 6.20 Å². The molecular weight excluding hydrogens is 198 g/mol. The zero-order valence-electron chi connectivity index (χ0n) is 9.60. The van der Waals surface area contributed by atoms with Crippen molar-refractivity contribution in [2.45, 2.75) is 20.5 Å². The van der Waals surface area contributed by atoms with Crippen molar-refractivity contribution in [3.63, 3.8) is 0 Å². The first-order chi connectivity index (χ1) is 7.77. The molecule has 0 amide bonds. The molecule has 1 aromatic carbocycles. The van der Waals surface area contributed by atoms with Gasteiger partial charge in [-0.05, 0) is 42.7 Å². The van der Waals surface area contributed by atoms with Crippen LogP contribution in [-0.4, -0.2) is 4.98 Å². The minimum absolute atomic E-state index is 0.601. The molecular formula is C14H15NO. The molecule has 0 unspecified atom stereocenters. The van der Waals surface area contributed by atoms with Crippen molar-refractivity contribution in [2.75, 3.05) is 0 Å². The lowest BCUT2D eigenvalue weighted by molar-refractivity contribution is 0.303. The maximum atomic E-state index is 5.69. The molecule has 82 valence electrons. The Bertz CT molecular complexity index is 445. The number of aryl methyl sites for hydroxylation is 2. The summed E-state index contributed by atoms with van der Waals surface area (Å²) >= 11 is 0. The first-order valence-electron chi connectivity index (χ1n) is 5.35. The first kappa shape index (κ1) is 10.7. The molecule has 0 saturated carbocycles. The van der Waals surface area contributed by atoms with E-state index in [4.69, 9.17) is 4.74 Å². The van der Waals surface area contributed by atoms with Crippen LogP contribution in [0.2, 0.25) is 0 Å². The molecule has 0 saturated heterocycles. The molecule has 0 bridgehead atoms. The molecule has 0 aliphatic heterocycles. The van der Waals surface area contributed by atoms with Crippen LogP contribution >= 0.6 is 0 Å². The van der Waals surface area contributed by atoms with Crippen LogP contribution in [0.15, 0.2) is 42.7 Å². The van der Waals surface area contributed by atoms with Crippen molar-refractivity contribution in [3.05, 3.63) is 59.4 Å². The van der Waals surface area contributed by atoms with Gasteiger partial charge in [0.15, 0.2) is 0 Å². The lowest BCUT2D eigenvalue weighted by Crippen LogP contribution is -2.00. The number of pyridine rings is 1. The first-order valence-corrected chi connectivity index (χ1v) is 5.35. The van der Waals surface area contributed by atoms with Gasteiger partial charge in [-0.15, -0.1) is 0 Å². The van der Waals surface area contributed by atoms with Crippen LogP contribution in [0.1, 0.15) is 16.7 Å². The normalized spacial score (nSPS) is 10.1. The summed E-state index contributed by atoms with van der Waals surface area (Å²) in [6.45, 7) is 4.81. The number of benzene rings is 1. The highest BCUT2D eigenvalue weighted by Gasteiger charge is 2.02. The summed E-state index contributed by atoms with van der Waals surface area (Å²) in [6.07, 6.45) is 3.47. The summed E-state index contributed by atoms with van der Waals surface area (Å²) in [7, 11) is 0. The molecule has 16 heavy (non-hydrogen) atoms. The molecule has 0 spiro atoms. The molecule has 0 radical (unpaired) electrons. The second kappa shape index (κ2) is 4.79. The van der Waals surface area contributed by atoms with E-state index in [1.54, 1.807) is 12.4 Å². The van der Waals surface area contributed by atoms with Crippen LogP contribution < -0.4 is 4.74 Å². The van der Waals surface area contributed by atoms with Gasteiger partial charge in [0.1, 0.15) is 12.4 Å². The fourth-order valence-electron chi connectivity index (χ4n) is 1.66. The minimum atomic E-state index is 0.601. The number of rotatable bonds is 3. The van der Waals surface area contributed by atoms with E-state index < -0.39 is 0 Å². The highest BCUT2D eigenvalue weighted by molar-refractivity contribution is 5.33. The molecule has 0 atom stereocenters. The largest absolute Gasteiger partial charge is 0.487 e. The average Bonchev–Trinajstić information content (AvgIpc) is 2.30. The number of ether oxygens (including phenoxy) is 1. The Morgan fingerprint density at radius 3 is 2.44 bits per heavy atom.